The van der Waals surface area contributed by atoms with Gasteiger partial charge < -0.3 is 0 Å². The Morgan fingerprint density at radius 3 is 1.63 bits per heavy atom. The molecule has 0 saturated carbocycles. The van der Waals surface area contributed by atoms with Crippen molar-refractivity contribution in [2.75, 3.05) is 0 Å². The molecule has 5 aliphatic rings. The first kappa shape index (κ1) is 49.4. The molecular formula is C74H64P2. The van der Waals surface area contributed by atoms with Crippen molar-refractivity contribution in [3.05, 3.63) is 321 Å². The molecule has 2 heteroatoms. The van der Waals surface area contributed by atoms with Crippen LogP contribution >= 0.6 is 15.8 Å². The summed E-state index contributed by atoms with van der Waals surface area (Å²) >= 11 is 0. The monoisotopic (exact) mass is 1010 g/mol. The van der Waals surface area contributed by atoms with Crippen LogP contribution in [0.3, 0.4) is 0 Å². The lowest BCUT2D eigenvalue weighted by Crippen LogP contribution is -2.29. The molecule has 370 valence electrons. The first-order valence-corrected chi connectivity index (χ1v) is 29.9. The fourth-order valence-corrected chi connectivity index (χ4v) is 18.6. The summed E-state index contributed by atoms with van der Waals surface area (Å²) < 4.78 is 0. The van der Waals surface area contributed by atoms with E-state index < -0.39 is 26.7 Å². The molecule has 8 aromatic rings. The van der Waals surface area contributed by atoms with Crippen LogP contribution in [0.4, 0.5) is 0 Å². The summed E-state index contributed by atoms with van der Waals surface area (Å²) in [5.74, 6) is 0. The maximum absolute atomic E-state index is 2.61. The summed E-state index contributed by atoms with van der Waals surface area (Å²) in [5.41, 5.74) is 22.6. The van der Waals surface area contributed by atoms with Gasteiger partial charge in [0.2, 0.25) is 0 Å². The second-order valence-electron chi connectivity index (χ2n) is 20.2. The highest BCUT2D eigenvalue weighted by Gasteiger charge is 2.54. The highest BCUT2D eigenvalue weighted by Crippen LogP contribution is 2.65. The standard InChI is InChI=1S/C72H58P2.C2H6/c1-6-25-57-50(5)71(64-38-22-18-33-58(57)64)63-37-21-17-31-56(63)48(3)70(71)49(4)69(26-7-2)74(52-29-13-9-14-30-52)54-43-41-53(42-44-54)73(51-27-11-8-12-28-51)55-45-46-62-61-35-20-24-40-67(61)72(68(62)47-55)65-36-16-10-15-32-59(65)60-34-19-23-39-66(60)72;1-2/h6-31,33-47H,32H2,1-5H3;1-2H3/b25-6-,26-7-,69-49+;. The van der Waals surface area contributed by atoms with E-state index in [2.05, 4.69) is 283 Å². The van der Waals surface area contributed by atoms with Crippen molar-refractivity contribution in [1.82, 2.24) is 0 Å². The molecule has 76 heavy (non-hydrogen) atoms. The summed E-state index contributed by atoms with van der Waals surface area (Å²) in [6, 6.07) is 76.8. The minimum atomic E-state index is -0.997. The van der Waals surface area contributed by atoms with Crippen molar-refractivity contribution in [3.8, 4) is 11.1 Å². The zero-order chi connectivity index (χ0) is 52.1. The van der Waals surface area contributed by atoms with Gasteiger partial charge in [0.1, 0.15) is 0 Å². The molecule has 0 aromatic heterocycles. The van der Waals surface area contributed by atoms with Crippen LogP contribution in [0, 0.1) is 0 Å². The van der Waals surface area contributed by atoms with E-state index in [1.807, 2.05) is 13.8 Å². The van der Waals surface area contributed by atoms with E-state index in [9.17, 15) is 0 Å². The molecule has 0 nitrogen and oxygen atoms in total. The SMILES string of the molecule is C/C=C\C1=C(C)C2(C(/C(C)=C(\C=C/C)P(c3ccccc3)c3ccc(P(c4ccccc4)c4ccc5c(c4)C4(C6=C(CC=CC=C6)c6ccccc64)c4ccccc4-5)cc3)=C(C)c3ccccc32)c2ccccc21.CC. The lowest BCUT2D eigenvalue weighted by atomic mass is 9.67. The molecule has 0 bridgehead atoms. The van der Waals surface area contributed by atoms with E-state index in [0.29, 0.717) is 0 Å². The van der Waals surface area contributed by atoms with Gasteiger partial charge in [-0.05, 0) is 189 Å². The molecule has 0 saturated heterocycles. The molecule has 5 aliphatic carbocycles. The van der Waals surface area contributed by atoms with Crippen LogP contribution in [0.25, 0.3) is 27.8 Å². The van der Waals surface area contributed by atoms with Crippen molar-refractivity contribution in [1.29, 1.82) is 0 Å². The zero-order valence-electron chi connectivity index (χ0n) is 44.8. The first-order chi connectivity index (χ1) is 37.4. The number of hydrogen-bond acceptors (Lipinski definition) is 0. The van der Waals surface area contributed by atoms with Gasteiger partial charge in [0, 0.05) is 0 Å². The molecule has 8 aromatic carbocycles. The Kier molecular flexibility index (Phi) is 13.2. The molecule has 2 spiro atoms. The summed E-state index contributed by atoms with van der Waals surface area (Å²) in [6.07, 6.45) is 19.4. The van der Waals surface area contributed by atoms with Gasteiger partial charge in [-0.25, -0.2) is 0 Å². The van der Waals surface area contributed by atoms with E-state index in [-0.39, 0.29) is 0 Å². The number of benzene rings is 8. The molecule has 0 N–H and O–H groups in total. The van der Waals surface area contributed by atoms with Crippen LogP contribution in [-0.4, -0.2) is 0 Å². The van der Waals surface area contributed by atoms with E-state index in [1.165, 1.54) is 126 Å². The van der Waals surface area contributed by atoms with E-state index in [1.54, 1.807) is 0 Å². The minimum absolute atomic E-state index is 0.396. The fraction of sp³-hybridized carbons (Fsp3) is 0.135. The molecule has 4 atom stereocenters. The normalized spacial score (nSPS) is 19.6. The highest BCUT2D eigenvalue weighted by molar-refractivity contribution is 7.80. The van der Waals surface area contributed by atoms with Gasteiger partial charge in [-0.1, -0.05) is 257 Å². The third kappa shape index (κ3) is 7.32. The largest absolute Gasteiger partial charge is 0.0870 e. The lowest BCUT2D eigenvalue weighted by molar-refractivity contribution is 0.747. The number of rotatable bonds is 9. The van der Waals surface area contributed by atoms with Gasteiger partial charge in [-0.2, -0.15) is 0 Å². The van der Waals surface area contributed by atoms with Gasteiger partial charge in [0.05, 0.1) is 10.8 Å². The van der Waals surface area contributed by atoms with Crippen molar-refractivity contribution in [3.63, 3.8) is 0 Å². The average Bonchev–Trinajstić information content (AvgIpc) is 4.25. The van der Waals surface area contributed by atoms with Crippen molar-refractivity contribution < 1.29 is 0 Å². The summed E-state index contributed by atoms with van der Waals surface area (Å²) in [6.45, 7) is 15.5. The molecular weight excluding hydrogens is 951 g/mol. The quantitative estimate of drug-likeness (QED) is 0.0998. The Labute approximate surface area is 454 Å². The summed E-state index contributed by atoms with van der Waals surface area (Å²) in [5, 5.41) is 8.16. The lowest BCUT2D eigenvalue weighted by Gasteiger charge is -2.35. The van der Waals surface area contributed by atoms with Gasteiger partial charge in [-0.3, -0.25) is 0 Å². The van der Waals surface area contributed by atoms with Crippen LogP contribution in [0.2, 0.25) is 0 Å². The van der Waals surface area contributed by atoms with Gasteiger partial charge in [0.25, 0.3) is 0 Å². The van der Waals surface area contributed by atoms with Gasteiger partial charge in [0.15, 0.2) is 0 Å². The van der Waals surface area contributed by atoms with Crippen molar-refractivity contribution in [2.45, 2.75) is 65.7 Å². The van der Waals surface area contributed by atoms with E-state index in [0.717, 1.165) is 6.42 Å². The Morgan fingerprint density at radius 1 is 0.474 bits per heavy atom. The molecule has 0 radical (unpaired) electrons. The van der Waals surface area contributed by atoms with Crippen molar-refractivity contribution >= 4 is 59.1 Å². The Balaban J connectivity index is 0.00000288. The third-order valence-corrected chi connectivity index (χ3v) is 21.6. The van der Waals surface area contributed by atoms with Crippen LogP contribution in [-0.2, 0) is 10.8 Å². The summed E-state index contributed by atoms with van der Waals surface area (Å²) in [4.78, 5) is 0. The smallest absolute Gasteiger partial charge is 0.0722 e. The van der Waals surface area contributed by atoms with Crippen molar-refractivity contribution in [2.24, 2.45) is 0 Å². The van der Waals surface area contributed by atoms with E-state index in [4.69, 9.17) is 0 Å². The molecule has 0 heterocycles. The molecule has 0 fully saturated rings. The summed E-state index contributed by atoms with van der Waals surface area (Å²) in [7, 11) is -1.94. The molecule has 4 unspecified atom stereocenters. The Hall–Kier alpha value is -7.46. The third-order valence-electron chi connectivity index (χ3n) is 16.6. The molecule has 13 rings (SSSR count). The van der Waals surface area contributed by atoms with Crippen LogP contribution in [0.5, 0.6) is 0 Å². The number of fused-ring (bicyclic) bond motifs is 13. The van der Waals surface area contributed by atoms with Crippen LogP contribution in [0.15, 0.2) is 276 Å². The number of hydrogen-bond donors (Lipinski definition) is 0. The molecule has 0 amide bonds. The number of allylic oxidation sites excluding steroid dienone is 16. The highest BCUT2D eigenvalue weighted by atomic mass is 31.1. The second-order valence-corrected chi connectivity index (χ2v) is 24.6. The Bertz CT molecular complexity index is 3850. The predicted molar refractivity (Wildman–Crippen MR) is 332 cm³/mol. The first-order valence-electron chi connectivity index (χ1n) is 27.2. The molecule has 0 aliphatic heterocycles. The maximum atomic E-state index is 2.61. The van der Waals surface area contributed by atoms with Crippen LogP contribution < -0.4 is 26.5 Å². The topological polar surface area (TPSA) is 0 Å². The second kappa shape index (κ2) is 20.2. The predicted octanol–water partition coefficient (Wildman–Crippen LogP) is 17.5. The zero-order valence-corrected chi connectivity index (χ0v) is 46.6. The Morgan fingerprint density at radius 2 is 0.974 bits per heavy atom. The van der Waals surface area contributed by atoms with Crippen LogP contribution in [0.1, 0.15) is 99.4 Å². The van der Waals surface area contributed by atoms with Gasteiger partial charge in [-0.15, -0.1) is 0 Å². The fourth-order valence-electron chi connectivity index (χ4n) is 13.8. The van der Waals surface area contributed by atoms with E-state index >= 15 is 0 Å². The maximum Gasteiger partial charge on any atom is 0.0722 e. The average molecular weight is 1020 g/mol. The minimum Gasteiger partial charge on any atom is -0.0870 e. The van der Waals surface area contributed by atoms with Gasteiger partial charge >= 0.3 is 0 Å².